The van der Waals surface area contributed by atoms with E-state index in [9.17, 15) is 5.11 Å². The van der Waals surface area contributed by atoms with Gasteiger partial charge in [-0.15, -0.1) is 0 Å². The van der Waals surface area contributed by atoms with Crippen LogP contribution in [0.2, 0.25) is 0 Å². The maximum absolute atomic E-state index is 9.57. The molecular weight excluding hydrogens is 272 g/mol. The number of aromatic nitrogens is 2. The fourth-order valence-corrected chi connectivity index (χ4v) is 1.87. The van der Waals surface area contributed by atoms with Crippen molar-refractivity contribution >= 4 is 0 Å². The normalized spacial score (nSPS) is 12.2. The van der Waals surface area contributed by atoms with Gasteiger partial charge in [0.05, 0.1) is 13.2 Å². The van der Waals surface area contributed by atoms with Gasteiger partial charge in [-0.1, -0.05) is 18.1 Å². The second-order valence-electron chi connectivity index (χ2n) is 4.73. The van der Waals surface area contributed by atoms with Crippen LogP contribution in [0.4, 0.5) is 0 Å². The van der Waals surface area contributed by atoms with Crippen molar-refractivity contribution in [3.63, 3.8) is 0 Å². The Morgan fingerprint density at radius 2 is 2.14 bits per heavy atom. The maximum atomic E-state index is 9.57. The Hall–Kier alpha value is -2.08. The molecule has 0 fully saturated rings. The van der Waals surface area contributed by atoms with Gasteiger partial charge >= 0.3 is 0 Å². The quantitative estimate of drug-likeness (QED) is 0.845. The number of aliphatic hydroxyl groups excluding tert-OH is 1. The third-order valence-corrected chi connectivity index (χ3v) is 3.00. The molecule has 21 heavy (non-hydrogen) atoms. The first kappa shape index (κ1) is 15.3. The molecule has 1 N–H and O–H groups in total. The summed E-state index contributed by atoms with van der Waals surface area (Å²) in [4.78, 5) is 4.23. The number of aliphatic hydroxyl groups is 1. The van der Waals surface area contributed by atoms with Crippen LogP contribution >= 0.6 is 0 Å². The van der Waals surface area contributed by atoms with E-state index < -0.39 is 6.10 Å². The Balaban J connectivity index is 2.04. The van der Waals surface area contributed by atoms with E-state index in [1.807, 2.05) is 0 Å². The molecule has 6 heteroatoms. The van der Waals surface area contributed by atoms with E-state index in [0.29, 0.717) is 23.2 Å². The van der Waals surface area contributed by atoms with Crippen LogP contribution in [0.5, 0.6) is 11.5 Å². The minimum Gasteiger partial charge on any atom is -0.493 e. The fraction of sp³-hybridized carbons (Fsp3) is 0.467. The molecule has 0 unspecified atom stereocenters. The Kier molecular flexibility index (Phi) is 5.16. The molecule has 0 saturated heterocycles. The van der Waals surface area contributed by atoms with Gasteiger partial charge in [-0.2, -0.15) is 4.98 Å². The third kappa shape index (κ3) is 3.95. The van der Waals surface area contributed by atoms with Crippen LogP contribution in [-0.2, 0) is 13.0 Å². The van der Waals surface area contributed by atoms with Gasteiger partial charge in [-0.05, 0) is 31.0 Å². The van der Waals surface area contributed by atoms with E-state index in [4.69, 9.17) is 14.0 Å². The second-order valence-corrected chi connectivity index (χ2v) is 4.73. The van der Waals surface area contributed by atoms with Gasteiger partial charge in [-0.3, -0.25) is 0 Å². The number of rotatable bonds is 7. The van der Waals surface area contributed by atoms with E-state index in [1.165, 1.54) is 0 Å². The molecule has 0 spiro atoms. The summed E-state index contributed by atoms with van der Waals surface area (Å²) in [6, 6.07) is 5.30. The zero-order valence-electron chi connectivity index (χ0n) is 12.5. The minimum absolute atomic E-state index is 0.206. The van der Waals surface area contributed by atoms with Crippen LogP contribution in [-0.4, -0.2) is 22.4 Å². The minimum atomic E-state index is -0.554. The number of methoxy groups -OCH3 is 1. The van der Waals surface area contributed by atoms with Crippen LogP contribution < -0.4 is 9.47 Å². The first-order valence-electron chi connectivity index (χ1n) is 6.94. The van der Waals surface area contributed by atoms with Crippen LogP contribution in [0.1, 0.15) is 43.7 Å². The molecule has 0 aliphatic carbocycles. The summed E-state index contributed by atoms with van der Waals surface area (Å²) < 4.78 is 16.0. The van der Waals surface area contributed by atoms with Gasteiger partial charge in [0, 0.05) is 6.42 Å². The van der Waals surface area contributed by atoms with Gasteiger partial charge in [-0.25, -0.2) is 0 Å². The summed E-state index contributed by atoms with van der Waals surface area (Å²) >= 11 is 0. The van der Waals surface area contributed by atoms with Gasteiger partial charge in [0.15, 0.2) is 18.1 Å². The van der Waals surface area contributed by atoms with Gasteiger partial charge in [0.1, 0.15) is 0 Å². The topological polar surface area (TPSA) is 77.6 Å². The molecule has 6 nitrogen and oxygen atoms in total. The van der Waals surface area contributed by atoms with Gasteiger partial charge in [0.2, 0.25) is 11.7 Å². The number of hydrogen-bond acceptors (Lipinski definition) is 6. The first-order valence-corrected chi connectivity index (χ1v) is 6.94. The van der Waals surface area contributed by atoms with Crippen molar-refractivity contribution in [3.05, 3.63) is 35.5 Å². The molecule has 1 atom stereocenters. The van der Waals surface area contributed by atoms with Gasteiger partial charge in [0.25, 0.3) is 0 Å². The molecule has 114 valence electrons. The SMILES string of the molecule is CCCc1nc(COc2ccc([C@@H](C)O)cc2OC)no1. The molecular formula is C15H20N2O4. The Morgan fingerprint density at radius 1 is 1.33 bits per heavy atom. The first-order chi connectivity index (χ1) is 10.1. The zero-order valence-corrected chi connectivity index (χ0v) is 12.5. The highest BCUT2D eigenvalue weighted by atomic mass is 16.5. The number of ether oxygens (including phenoxy) is 2. The third-order valence-electron chi connectivity index (χ3n) is 3.00. The molecule has 2 rings (SSSR count). The molecule has 1 aromatic carbocycles. The summed E-state index contributed by atoms with van der Waals surface area (Å²) in [6.45, 7) is 3.95. The van der Waals surface area contributed by atoms with Gasteiger partial charge < -0.3 is 19.1 Å². The highest BCUT2D eigenvalue weighted by molar-refractivity contribution is 5.43. The standard InChI is InChI=1S/C15H20N2O4/c1-4-5-15-16-14(17-21-15)9-20-12-7-6-11(10(2)18)8-13(12)19-3/h6-8,10,18H,4-5,9H2,1-3H3/t10-/m1/s1. The molecule has 0 radical (unpaired) electrons. The summed E-state index contributed by atoms with van der Waals surface area (Å²) in [5, 5.41) is 13.4. The van der Waals surface area contributed by atoms with Crippen molar-refractivity contribution in [2.24, 2.45) is 0 Å². The maximum Gasteiger partial charge on any atom is 0.226 e. The molecule has 0 aliphatic heterocycles. The summed E-state index contributed by atoms with van der Waals surface area (Å²) in [6.07, 6.45) is 1.16. The number of hydrogen-bond donors (Lipinski definition) is 1. The van der Waals surface area contributed by atoms with E-state index in [2.05, 4.69) is 17.1 Å². The average Bonchev–Trinajstić information content (AvgIpc) is 2.93. The predicted molar refractivity (Wildman–Crippen MR) is 76.3 cm³/mol. The highest BCUT2D eigenvalue weighted by Gasteiger charge is 2.11. The lowest BCUT2D eigenvalue weighted by atomic mass is 10.1. The number of benzene rings is 1. The summed E-state index contributed by atoms with van der Waals surface area (Å²) in [5.74, 6) is 2.25. The van der Waals surface area contributed by atoms with Crippen LogP contribution in [0.25, 0.3) is 0 Å². The zero-order chi connectivity index (χ0) is 15.2. The van der Waals surface area contributed by atoms with E-state index in [1.54, 1.807) is 32.2 Å². The summed E-state index contributed by atoms with van der Waals surface area (Å²) in [5.41, 5.74) is 0.768. The molecule has 1 heterocycles. The van der Waals surface area contributed by atoms with Crippen molar-refractivity contribution in [3.8, 4) is 11.5 Å². The van der Waals surface area contributed by atoms with Crippen molar-refractivity contribution in [1.82, 2.24) is 10.1 Å². The van der Waals surface area contributed by atoms with E-state index in [0.717, 1.165) is 18.4 Å². The van der Waals surface area contributed by atoms with Crippen LogP contribution in [0, 0.1) is 0 Å². The number of aryl methyl sites for hydroxylation is 1. The van der Waals surface area contributed by atoms with Crippen LogP contribution in [0.3, 0.4) is 0 Å². The largest absolute Gasteiger partial charge is 0.493 e. The monoisotopic (exact) mass is 292 g/mol. The lowest BCUT2D eigenvalue weighted by Gasteiger charge is -2.12. The predicted octanol–water partition coefficient (Wildman–Crippen LogP) is 2.66. The molecule has 2 aromatic rings. The fourth-order valence-electron chi connectivity index (χ4n) is 1.87. The molecule has 0 aliphatic rings. The lowest BCUT2D eigenvalue weighted by Crippen LogP contribution is -2.01. The van der Waals surface area contributed by atoms with Crippen molar-refractivity contribution in [1.29, 1.82) is 0 Å². The highest BCUT2D eigenvalue weighted by Crippen LogP contribution is 2.30. The van der Waals surface area contributed by atoms with Crippen molar-refractivity contribution in [2.45, 2.75) is 39.4 Å². The number of nitrogens with zero attached hydrogens (tertiary/aromatic N) is 2. The van der Waals surface area contributed by atoms with Crippen molar-refractivity contribution < 1.29 is 19.1 Å². The summed E-state index contributed by atoms with van der Waals surface area (Å²) in [7, 11) is 1.56. The second kappa shape index (κ2) is 7.08. The van der Waals surface area contributed by atoms with Crippen LogP contribution in [0.15, 0.2) is 22.7 Å². The molecule has 1 aromatic heterocycles. The lowest BCUT2D eigenvalue weighted by molar-refractivity contribution is 0.198. The average molecular weight is 292 g/mol. The molecule has 0 saturated carbocycles. The Labute approximate surface area is 123 Å². The van der Waals surface area contributed by atoms with E-state index in [-0.39, 0.29) is 6.61 Å². The smallest absolute Gasteiger partial charge is 0.226 e. The Morgan fingerprint density at radius 3 is 2.81 bits per heavy atom. The molecule has 0 amide bonds. The van der Waals surface area contributed by atoms with E-state index >= 15 is 0 Å². The molecule has 0 bridgehead atoms. The Bertz CT molecular complexity index is 581. The van der Waals surface area contributed by atoms with Crippen molar-refractivity contribution in [2.75, 3.05) is 7.11 Å².